The van der Waals surface area contributed by atoms with Crippen LogP contribution in [0, 0.1) is 13.8 Å². The number of carbonyl (C=O) groups is 1. The van der Waals surface area contributed by atoms with Gasteiger partial charge in [-0.3, -0.25) is 4.79 Å². The Kier molecular flexibility index (Phi) is 7.37. The number of rotatable bonds is 8. The fourth-order valence-corrected chi connectivity index (χ4v) is 5.91. The number of esters is 1. The minimum Gasteiger partial charge on any atom is -0.465 e. The zero-order valence-corrected chi connectivity index (χ0v) is 21.3. The molecule has 1 aromatic heterocycles. The number of sulfonamides is 1. The maximum absolute atomic E-state index is 13.9. The molecule has 0 fully saturated rings. The highest BCUT2D eigenvalue weighted by molar-refractivity contribution is 7.89. The Morgan fingerprint density at radius 1 is 0.972 bits per heavy atom. The zero-order valence-electron chi connectivity index (χ0n) is 20.4. The first-order valence-corrected chi connectivity index (χ1v) is 13.0. The van der Waals surface area contributed by atoms with Gasteiger partial charge in [0.1, 0.15) is 0 Å². The summed E-state index contributed by atoms with van der Waals surface area (Å²) < 4.78 is 33.8. The van der Waals surface area contributed by atoms with Crippen LogP contribution in [0.25, 0.3) is 10.9 Å². The summed E-state index contributed by atoms with van der Waals surface area (Å²) in [5.41, 5.74) is 3.58. The lowest BCUT2D eigenvalue weighted by atomic mass is 10.0. The van der Waals surface area contributed by atoms with Gasteiger partial charge in [-0.05, 0) is 61.2 Å². The summed E-state index contributed by atoms with van der Waals surface area (Å²) in [5.74, 6) is -0.744. The molecule has 0 saturated carbocycles. The molecule has 0 atom stereocenters. The number of hydrogen-bond acceptors (Lipinski definition) is 5. The summed E-state index contributed by atoms with van der Waals surface area (Å²) in [6.07, 6.45) is 0.435. The van der Waals surface area contributed by atoms with Crippen LogP contribution in [0.3, 0.4) is 0 Å². The quantitative estimate of drug-likeness (QED) is 0.360. The first-order valence-electron chi connectivity index (χ1n) is 11.6. The zero-order chi connectivity index (χ0) is 25.9. The van der Waals surface area contributed by atoms with Crippen LogP contribution in [0.4, 0.5) is 0 Å². The summed E-state index contributed by atoms with van der Waals surface area (Å²) in [5, 5.41) is 0.852. The molecular weight excluding hydrogens is 476 g/mol. The number of aromatic amines is 1. The van der Waals surface area contributed by atoms with Crippen LogP contribution in [0.2, 0.25) is 0 Å². The van der Waals surface area contributed by atoms with Gasteiger partial charge in [0.25, 0.3) is 5.56 Å². The minimum absolute atomic E-state index is 0.0524. The molecule has 4 rings (SSSR count). The normalized spacial score (nSPS) is 11.7. The highest BCUT2D eigenvalue weighted by atomic mass is 32.2. The number of nitrogens with one attached hydrogen (secondary N) is 1. The number of methoxy groups -OCH3 is 1. The van der Waals surface area contributed by atoms with Crippen LogP contribution in [-0.2, 0) is 27.7 Å². The highest BCUT2D eigenvalue weighted by Crippen LogP contribution is 2.24. The van der Waals surface area contributed by atoms with Crippen LogP contribution in [0.15, 0.2) is 82.5 Å². The number of ether oxygens (including phenoxy) is 1. The van der Waals surface area contributed by atoms with Crippen LogP contribution >= 0.6 is 0 Å². The lowest BCUT2D eigenvalue weighted by Crippen LogP contribution is -2.35. The van der Waals surface area contributed by atoms with Gasteiger partial charge in [0.2, 0.25) is 10.0 Å². The van der Waals surface area contributed by atoms with Gasteiger partial charge in [-0.15, -0.1) is 0 Å². The molecule has 7 nitrogen and oxygen atoms in total. The van der Waals surface area contributed by atoms with Crippen LogP contribution in [0.1, 0.15) is 32.6 Å². The Morgan fingerprint density at radius 2 is 1.67 bits per heavy atom. The molecule has 3 aromatic carbocycles. The largest absolute Gasteiger partial charge is 0.465 e. The molecule has 36 heavy (non-hydrogen) atoms. The van der Waals surface area contributed by atoms with Crippen molar-refractivity contribution in [3.05, 3.63) is 111 Å². The summed E-state index contributed by atoms with van der Waals surface area (Å²) in [6.45, 7) is 3.87. The standard InChI is InChI=1S/C28H28N2O5S/c1-19-15-20(2)24-17-22(27(31)29-25(24)16-19)18-30(14-13-21-9-5-4-6-10-21)36(33,34)26-12-8-7-11-23(26)28(32)35-3/h4-12,15-17H,13-14,18H2,1-3H3,(H,29,31). The van der Waals surface area contributed by atoms with Gasteiger partial charge in [-0.2, -0.15) is 4.31 Å². The molecule has 0 bridgehead atoms. The summed E-state index contributed by atoms with van der Waals surface area (Å²) in [7, 11) is -2.96. The molecule has 8 heteroatoms. The van der Waals surface area contributed by atoms with Crippen molar-refractivity contribution in [2.75, 3.05) is 13.7 Å². The van der Waals surface area contributed by atoms with E-state index in [1.54, 1.807) is 18.2 Å². The number of aryl methyl sites for hydroxylation is 2. The molecule has 0 unspecified atom stereocenters. The molecule has 0 amide bonds. The molecule has 186 valence electrons. The van der Waals surface area contributed by atoms with Gasteiger partial charge in [-0.1, -0.05) is 48.5 Å². The van der Waals surface area contributed by atoms with Gasteiger partial charge >= 0.3 is 5.97 Å². The van der Waals surface area contributed by atoms with Crippen LogP contribution in [0.5, 0.6) is 0 Å². The van der Waals surface area contributed by atoms with Crippen LogP contribution < -0.4 is 5.56 Å². The number of aromatic nitrogens is 1. The third-order valence-corrected chi connectivity index (χ3v) is 8.04. The lowest BCUT2D eigenvalue weighted by molar-refractivity contribution is 0.0596. The number of pyridine rings is 1. The minimum atomic E-state index is -4.16. The number of nitrogens with zero attached hydrogens (tertiary/aromatic N) is 1. The van der Waals surface area contributed by atoms with Gasteiger partial charge in [-0.25, -0.2) is 13.2 Å². The van der Waals surface area contributed by atoms with Crippen LogP contribution in [-0.4, -0.2) is 37.3 Å². The molecule has 0 saturated heterocycles. The van der Waals surface area contributed by atoms with E-state index >= 15 is 0 Å². The average Bonchev–Trinajstić information content (AvgIpc) is 2.87. The van der Waals surface area contributed by atoms with Crippen molar-refractivity contribution in [3.63, 3.8) is 0 Å². The van der Waals surface area contributed by atoms with Crippen molar-refractivity contribution in [3.8, 4) is 0 Å². The molecule has 1 N–H and O–H groups in total. The molecular formula is C28H28N2O5S. The van der Waals surface area contributed by atoms with Crippen molar-refractivity contribution < 1.29 is 17.9 Å². The summed E-state index contributed by atoms with van der Waals surface area (Å²) in [4.78, 5) is 28.1. The van der Waals surface area contributed by atoms with E-state index in [-0.39, 0.29) is 29.1 Å². The predicted molar refractivity (Wildman–Crippen MR) is 140 cm³/mol. The van der Waals surface area contributed by atoms with Crippen molar-refractivity contribution >= 4 is 26.9 Å². The van der Waals surface area contributed by atoms with E-state index in [9.17, 15) is 18.0 Å². The Hall–Kier alpha value is -3.75. The van der Waals surface area contributed by atoms with Gasteiger partial charge in [0, 0.05) is 29.6 Å². The van der Waals surface area contributed by atoms with E-state index in [0.717, 1.165) is 22.1 Å². The topological polar surface area (TPSA) is 96.5 Å². The monoisotopic (exact) mass is 504 g/mol. The van der Waals surface area contributed by atoms with Gasteiger partial charge in [0.15, 0.2) is 0 Å². The first kappa shape index (κ1) is 25.3. The van der Waals surface area contributed by atoms with Crippen molar-refractivity contribution in [2.45, 2.75) is 31.7 Å². The number of fused-ring (bicyclic) bond motifs is 1. The third kappa shape index (κ3) is 5.24. The molecule has 4 aromatic rings. The number of hydrogen-bond donors (Lipinski definition) is 1. The number of carbonyl (C=O) groups excluding carboxylic acids is 1. The Morgan fingerprint density at radius 3 is 2.39 bits per heavy atom. The van der Waals surface area contributed by atoms with E-state index in [2.05, 4.69) is 4.98 Å². The summed E-state index contributed by atoms with van der Waals surface area (Å²) in [6, 6.07) is 21.1. The van der Waals surface area contributed by atoms with E-state index < -0.39 is 16.0 Å². The SMILES string of the molecule is COC(=O)c1ccccc1S(=O)(=O)N(CCc1ccccc1)Cc1cc2c(C)cc(C)cc2[nH]c1=O. The maximum Gasteiger partial charge on any atom is 0.339 e. The predicted octanol–water partition coefficient (Wildman–Crippen LogP) is 4.37. The van der Waals surface area contributed by atoms with Crippen molar-refractivity contribution in [1.29, 1.82) is 0 Å². The molecule has 0 radical (unpaired) electrons. The average molecular weight is 505 g/mol. The van der Waals surface area contributed by atoms with E-state index in [1.165, 1.54) is 23.5 Å². The maximum atomic E-state index is 13.9. The number of H-pyrrole nitrogens is 1. The van der Waals surface area contributed by atoms with E-state index in [4.69, 9.17) is 4.74 Å². The van der Waals surface area contributed by atoms with E-state index in [0.29, 0.717) is 17.5 Å². The summed E-state index contributed by atoms with van der Waals surface area (Å²) >= 11 is 0. The van der Waals surface area contributed by atoms with Gasteiger partial charge in [0.05, 0.1) is 17.6 Å². The molecule has 0 aliphatic rings. The Labute approximate surface area is 210 Å². The fraction of sp³-hybridized carbons (Fsp3) is 0.214. The highest BCUT2D eigenvalue weighted by Gasteiger charge is 2.30. The molecule has 1 heterocycles. The molecule has 0 aliphatic heterocycles. The van der Waals surface area contributed by atoms with Gasteiger partial charge < -0.3 is 9.72 Å². The van der Waals surface area contributed by atoms with Crippen molar-refractivity contribution in [2.24, 2.45) is 0 Å². The second kappa shape index (κ2) is 10.5. The molecule has 0 spiro atoms. The first-order chi connectivity index (χ1) is 17.2. The second-order valence-corrected chi connectivity index (χ2v) is 10.6. The smallest absolute Gasteiger partial charge is 0.339 e. The third-order valence-electron chi connectivity index (χ3n) is 6.14. The Balaban J connectivity index is 1.79. The van der Waals surface area contributed by atoms with E-state index in [1.807, 2.05) is 56.3 Å². The molecule has 0 aliphatic carbocycles. The number of benzene rings is 3. The fourth-order valence-electron chi connectivity index (χ4n) is 4.32. The van der Waals surface area contributed by atoms with Crippen molar-refractivity contribution in [1.82, 2.24) is 9.29 Å². The Bertz CT molecular complexity index is 1580. The second-order valence-electron chi connectivity index (χ2n) is 8.73. The lowest BCUT2D eigenvalue weighted by Gasteiger charge is -2.23.